The van der Waals surface area contributed by atoms with E-state index in [0.29, 0.717) is 0 Å². The SMILES string of the molecule is COc1ccc([C@@H](NC(=O)Nc2ccc3c(ccn3C)c2)C(C)C)cc1. The van der Waals surface area contributed by atoms with Crippen LogP contribution in [-0.2, 0) is 7.05 Å². The fourth-order valence-electron chi connectivity index (χ4n) is 3.11. The van der Waals surface area contributed by atoms with Gasteiger partial charge in [0.05, 0.1) is 13.2 Å². The second kappa shape index (κ2) is 7.52. The third-order valence-corrected chi connectivity index (χ3v) is 4.57. The lowest BCUT2D eigenvalue weighted by molar-refractivity contribution is 0.244. The van der Waals surface area contributed by atoms with E-state index in [0.717, 1.165) is 27.9 Å². The molecule has 3 aromatic rings. The number of aryl methyl sites for hydroxylation is 1. The topological polar surface area (TPSA) is 55.3 Å². The molecular weight excluding hydrogens is 326 g/mol. The minimum Gasteiger partial charge on any atom is -0.497 e. The Hall–Kier alpha value is -2.95. The average Bonchev–Trinajstić information content (AvgIpc) is 3.00. The standard InChI is InChI=1S/C21H25N3O2/c1-14(2)20(15-5-8-18(26-4)9-6-15)23-21(25)22-17-7-10-19-16(13-17)11-12-24(19)3/h5-14,20H,1-4H3,(H2,22,23,25)/t20-/m0/s1. The van der Waals surface area contributed by atoms with Crippen LogP contribution in [0, 0.1) is 5.92 Å². The van der Waals surface area contributed by atoms with Crippen LogP contribution >= 0.6 is 0 Å². The minimum absolute atomic E-state index is 0.0821. The number of hydrogen-bond donors (Lipinski definition) is 2. The van der Waals surface area contributed by atoms with E-state index in [9.17, 15) is 4.79 Å². The van der Waals surface area contributed by atoms with E-state index in [2.05, 4.69) is 29.0 Å². The first-order chi connectivity index (χ1) is 12.5. The van der Waals surface area contributed by atoms with E-state index in [1.54, 1.807) is 7.11 Å². The summed E-state index contributed by atoms with van der Waals surface area (Å²) in [6.07, 6.45) is 2.01. The molecule has 2 aromatic carbocycles. The van der Waals surface area contributed by atoms with Crippen molar-refractivity contribution in [3.8, 4) is 5.75 Å². The van der Waals surface area contributed by atoms with E-state index in [1.807, 2.05) is 61.8 Å². The number of nitrogens with zero attached hydrogens (tertiary/aromatic N) is 1. The van der Waals surface area contributed by atoms with Gasteiger partial charge in [-0.1, -0.05) is 26.0 Å². The average molecular weight is 351 g/mol. The van der Waals surface area contributed by atoms with Gasteiger partial charge in [-0.2, -0.15) is 0 Å². The normalized spacial score (nSPS) is 12.2. The van der Waals surface area contributed by atoms with Crippen LogP contribution in [0.5, 0.6) is 5.75 Å². The Bertz CT molecular complexity index is 897. The first kappa shape index (κ1) is 17.9. The lowest BCUT2D eigenvalue weighted by Gasteiger charge is -2.23. The molecule has 5 heteroatoms. The van der Waals surface area contributed by atoms with Crippen LogP contribution in [0.15, 0.2) is 54.7 Å². The van der Waals surface area contributed by atoms with Gasteiger partial charge in [0, 0.05) is 29.8 Å². The van der Waals surface area contributed by atoms with Gasteiger partial charge in [-0.05, 0) is 47.9 Å². The van der Waals surface area contributed by atoms with Gasteiger partial charge in [0.2, 0.25) is 0 Å². The molecule has 2 amide bonds. The molecule has 2 N–H and O–H groups in total. The second-order valence-electron chi connectivity index (χ2n) is 6.79. The zero-order valence-electron chi connectivity index (χ0n) is 15.6. The number of nitrogens with one attached hydrogen (secondary N) is 2. The van der Waals surface area contributed by atoms with Crippen molar-refractivity contribution in [2.45, 2.75) is 19.9 Å². The first-order valence-corrected chi connectivity index (χ1v) is 8.74. The molecule has 5 nitrogen and oxygen atoms in total. The molecule has 1 aromatic heterocycles. The summed E-state index contributed by atoms with van der Waals surface area (Å²) in [4.78, 5) is 12.5. The molecule has 0 saturated heterocycles. The van der Waals surface area contributed by atoms with Crippen LogP contribution in [0.25, 0.3) is 10.9 Å². The molecule has 26 heavy (non-hydrogen) atoms. The van der Waals surface area contributed by atoms with Crippen LogP contribution in [0.2, 0.25) is 0 Å². The molecule has 1 heterocycles. The third-order valence-electron chi connectivity index (χ3n) is 4.57. The summed E-state index contributed by atoms with van der Waals surface area (Å²) in [6.45, 7) is 4.18. The highest BCUT2D eigenvalue weighted by molar-refractivity contribution is 5.93. The molecule has 0 saturated carbocycles. The number of rotatable bonds is 5. The van der Waals surface area contributed by atoms with E-state index >= 15 is 0 Å². The number of benzene rings is 2. The Labute approximate surface area is 154 Å². The van der Waals surface area contributed by atoms with Crippen molar-refractivity contribution >= 4 is 22.6 Å². The van der Waals surface area contributed by atoms with Crippen LogP contribution in [0.4, 0.5) is 10.5 Å². The highest BCUT2D eigenvalue weighted by Crippen LogP contribution is 2.24. The summed E-state index contributed by atoms with van der Waals surface area (Å²) < 4.78 is 7.26. The number of hydrogen-bond acceptors (Lipinski definition) is 2. The van der Waals surface area contributed by atoms with Crippen LogP contribution in [0.1, 0.15) is 25.5 Å². The lowest BCUT2D eigenvalue weighted by atomic mass is 9.96. The number of fused-ring (bicyclic) bond motifs is 1. The van der Waals surface area contributed by atoms with Gasteiger partial charge < -0.3 is 19.9 Å². The van der Waals surface area contributed by atoms with Crippen molar-refractivity contribution in [2.75, 3.05) is 12.4 Å². The zero-order valence-corrected chi connectivity index (χ0v) is 15.6. The maximum atomic E-state index is 12.5. The molecule has 0 radical (unpaired) electrons. The summed E-state index contributed by atoms with van der Waals surface area (Å²) in [5, 5.41) is 7.11. The molecule has 0 unspecified atom stereocenters. The Kier molecular flexibility index (Phi) is 5.16. The predicted octanol–water partition coefficient (Wildman–Crippen LogP) is 4.71. The number of anilines is 1. The zero-order chi connectivity index (χ0) is 18.7. The molecule has 0 spiro atoms. The van der Waals surface area contributed by atoms with E-state index < -0.39 is 0 Å². The largest absolute Gasteiger partial charge is 0.497 e. The van der Waals surface area contributed by atoms with Crippen LogP contribution < -0.4 is 15.4 Å². The quantitative estimate of drug-likeness (QED) is 0.700. The number of methoxy groups -OCH3 is 1. The Morgan fingerprint density at radius 2 is 1.81 bits per heavy atom. The number of carbonyl (C=O) groups excluding carboxylic acids is 1. The Balaban J connectivity index is 1.72. The van der Waals surface area contributed by atoms with E-state index in [-0.39, 0.29) is 18.0 Å². The molecule has 136 valence electrons. The highest BCUT2D eigenvalue weighted by atomic mass is 16.5. The fourth-order valence-corrected chi connectivity index (χ4v) is 3.11. The summed E-state index contributed by atoms with van der Waals surface area (Å²) in [5.41, 5.74) is 2.96. The smallest absolute Gasteiger partial charge is 0.319 e. The molecule has 0 aliphatic carbocycles. The molecular formula is C21H25N3O2. The van der Waals surface area contributed by atoms with Gasteiger partial charge >= 0.3 is 6.03 Å². The summed E-state index contributed by atoms with van der Waals surface area (Å²) in [6, 6.07) is 15.4. The van der Waals surface area contributed by atoms with E-state index in [1.165, 1.54) is 0 Å². The van der Waals surface area contributed by atoms with Gasteiger partial charge in [0.1, 0.15) is 5.75 Å². The Morgan fingerprint density at radius 1 is 1.08 bits per heavy atom. The van der Waals surface area contributed by atoms with Crippen molar-refractivity contribution in [3.63, 3.8) is 0 Å². The molecule has 3 rings (SSSR count). The Morgan fingerprint density at radius 3 is 2.46 bits per heavy atom. The van der Waals surface area contributed by atoms with Crippen molar-refractivity contribution in [2.24, 2.45) is 13.0 Å². The number of urea groups is 1. The first-order valence-electron chi connectivity index (χ1n) is 8.74. The van der Waals surface area contributed by atoms with Crippen molar-refractivity contribution in [1.29, 1.82) is 0 Å². The highest BCUT2D eigenvalue weighted by Gasteiger charge is 2.18. The number of carbonyl (C=O) groups is 1. The lowest BCUT2D eigenvalue weighted by Crippen LogP contribution is -2.35. The minimum atomic E-state index is -0.213. The summed E-state index contributed by atoms with van der Waals surface area (Å²) in [5.74, 6) is 1.06. The maximum absolute atomic E-state index is 12.5. The van der Waals surface area contributed by atoms with Gasteiger partial charge in [-0.3, -0.25) is 0 Å². The molecule has 1 atom stereocenters. The maximum Gasteiger partial charge on any atom is 0.319 e. The fraction of sp³-hybridized carbons (Fsp3) is 0.286. The molecule has 0 fully saturated rings. The molecule has 0 aliphatic heterocycles. The van der Waals surface area contributed by atoms with Crippen molar-refractivity contribution < 1.29 is 9.53 Å². The van der Waals surface area contributed by atoms with Crippen LogP contribution in [-0.4, -0.2) is 17.7 Å². The monoisotopic (exact) mass is 351 g/mol. The van der Waals surface area contributed by atoms with Crippen molar-refractivity contribution in [3.05, 3.63) is 60.3 Å². The van der Waals surface area contributed by atoms with Crippen LogP contribution in [0.3, 0.4) is 0 Å². The third kappa shape index (κ3) is 3.82. The number of ether oxygens (including phenoxy) is 1. The van der Waals surface area contributed by atoms with Gasteiger partial charge in [-0.15, -0.1) is 0 Å². The summed E-state index contributed by atoms with van der Waals surface area (Å²) in [7, 11) is 3.65. The predicted molar refractivity (Wildman–Crippen MR) is 106 cm³/mol. The number of aromatic nitrogens is 1. The number of amides is 2. The van der Waals surface area contributed by atoms with E-state index in [4.69, 9.17) is 4.74 Å². The summed E-state index contributed by atoms with van der Waals surface area (Å²) >= 11 is 0. The van der Waals surface area contributed by atoms with Gasteiger partial charge in [-0.25, -0.2) is 4.79 Å². The van der Waals surface area contributed by atoms with Crippen molar-refractivity contribution in [1.82, 2.24) is 9.88 Å². The van der Waals surface area contributed by atoms with Gasteiger partial charge in [0.15, 0.2) is 0 Å². The molecule has 0 bridgehead atoms. The van der Waals surface area contributed by atoms with Gasteiger partial charge in [0.25, 0.3) is 0 Å². The second-order valence-corrected chi connectivity index (χ2v) is 6.79. The molecule has 0 aliphatic rings.